The van der Waals surface area contributed by atoms with Crippen LogP contribution in [-0.2, 0) is 11.4 Å². The Morgan fingerprint density at radius 1 is 1.50 bits per heavy atom. The molecule has 0 atom stereocenters. The Morgan fingerprint density at radius 3 is 2.62 bits per heavy atom. The number of phenols is 1. The molecule has 90 valence electrons. The molecule has 0 heterocycles. The Hall–Kier alpha value is -0.580. The van der Waals surface area contributed by atoms with Gasteiger partial charge in [0, 0.05) is 16.6 Å². The minimum Gasteiger partial charge on any atom is -0.507 e. The van der Waals surface area contributed by atoms with Crippen LogP contribution in [0.1, 0.15) is 36.5 Å². The first-order valence-corrected chi connectivity index (χ1v) is 6.05. The lowest BCUT2D eigenvalue weighted by molar-refractivity contribution is 0.0859. The van der Waals surface area contributed by atoms with E-state index in [4.69, 9.17) is 4.84 Å². The van der Waals surface area contributed by atoms with Crippen LogP contribution in [0, 0.1) is 6.92 Å². The van der Waals surface area contributed by atoms with Crippen LogP contribution in [-0.4, -0.2) is 12.2 Å². The van der Waals surface area contributed by atoms with Crippen LogP contribution in [0.15, 0.2) is 10.5 Å². The molecule has 0 spiro atoms. The summed E-state index contributed by atoms with van der Waals surface area (Å²) in [5.74, 6) is 0.651. The first kappa shape index (κ1) is 13.5. The van der Waals surface area contributed by atoms with E-state index in [1.165, 1.54) is 0 Å². The van der Waals surface area contributed by atoms with E-state index < -0.39 is 0 Å². The van der Waals surface area contributed by atoms with Crippen LogP contribution < -0.4 is 5.48 Å². The van der Waals surface area contributed by atoms with Crippen molar-refractivity contribution >= 4 is 15.9 Å². The summed E-state index contributed by atoms with van der Waals surface area (Å²) in [5, 5.41) is 10.2. The van der Waals surface area contributed by atoms with E-state index in [2.05, 4.69) is 35.3 Å². The summed E-state index contributed by atoms with van der Waals surface area (Å²) in [6, 6.07) is 1.98. The fourth-order valence-electron chi connectivity index (χ4n) is 1.61. The number of rotatable bonds is 4. The summed E-state index contributed by atoms with van der Waals surface area (Å²) in [5.41, 5.74) is 5.62. The molecule has 1 rings (SSSR count). The van der Waals surface area contributed by atoms with Gasteiger partial charge in [-0.05, 0) is 30.0 Å². The van der Waals surface area contributed by atoms with Gasteiger partial charge in [-0.2, -0.15) is 5.48 Å². The maximum Gasteiger partial charge on any atom is 0.123 e. The van der Waals surface area contributed by atoms with Gasteiger partial charge in [0.25, 0.3) is 0 Å². The van der Waals surface area contributed by atoms with Crippen LogP contribution >= 0.6 is 15.9 Å². The SMILES string of the molecule is CONCc1c(C)c(Br)cc(C(C)C)c1O. The predicted molar refractivity (Wildman–Crippen MR) is 68.5 cm³/mol. The highest BCUT2D eigenvalue weighted by Gasteiger charge is 2.15. The van der Waals surface area contributed by atoms with E-state index >= 15 is 0 Å². The number of aromatic hydroxyl groups is 1. The van der Waals surface area contributed by atoms with Crippen molar-refractivity contribution in [2.45, 2.75) is 33.2 Å². The minimum absolute atomic E-state index is 0.290. The fraction of sp³-hybridized carbons (Fsp3) is 0.500. The van der Waals surface area contributed by atoms with Crippen LogP contribution in [0.2, 0.25) is 0 Å². The number of hydrogen-bond donors (Lipinski definition) is 2. The van der Waals surface area contributed by atoms with Crippen molar-refractivity contribution in [3.05, 3.63) is 27.2 Å². The average Bonchev–Trinajstić information content (AvgIpc) is 2.23. The lowest BCUT2D eigenvalue weighted by atomic mass is 9.96. The van der Waals surface area contributed by atoms with Gasteiger partial charge in [-0.3, -0.25) is 0 Å². The van der Waals surface area contributed by atoms with Crippen molar-refractivity contribution in [3.8, 4) is 5.75 Å². The van der Waals surface area contributed by atoms with E-state index in [1.54, 1.807) is 7.11 Å². The highest BCUT2D eigenvalue weighted by atomic mass is 79.9. The topological polar surface area (TPSA) is 41.5 Å². The third kappa shape index (κ3) is 2.75. The summed E-state index contributed by atoms with van der Waals surface area (Å²) in [7, 11) is 1.56. The smallest absolute Gasteiger partial charge is 0.123 e. The second-order valence-corrected chi connectivity index (χ2v) is 4.93. The van der Waals surface area contributed by atoms with Crippen molar-refractivity contribution in [1.29, 1.82) is 0 Å². The zero-order valence-corrected chi connectivity index (χ0v) is 11.7. The molecule has 2 N–H and O–H groups in total. The summed E-state index contributed by atoms with van der Waals surface area (Å²) in [4.78, 5) is 4.82. The zero-order valence-electron chi connectivity index (χ0n) is 10.1. The number of hydrogen-bond acceptors (Lipinski definition) is 3. The third-order valence-corrected chi connectivity index (χ3v) is 3.49. The normalized spacial score (nSPS) is 11.1. The quantitative estimate of drug-likeness (QED) is 0.836. The number of nitrogens with one attached hydrogen (secondary N) is 1. The van der Waals surface area contributed by atoms with Gasteiger partial charge in [0.1, 0.15) is 5.75 Å². The van der Waals surface area contributed by atoms with E-state index in [-0.39, 0.29) is 5.92 Å². The maximum atomic E-state index is 10.2. The average molecular weight is 288 g/mol. The molecule has 0 unspecified atom stereocenters. The molecule has 0 aromatic heterocycles. The molecule has 0 aliphatic rings. The van der Waals surface area contributed by atoms with Gasteiger partial charge in [0.05, 0.1) is 7.11 Å². The molecule has 0 aliphatic heterocycles. The first-order valence-electron chi connectivity index (χ1n) is 5.25. The number of halogens is 1. The van der Waals surface area contributed by atoms with Crippen LogP contribution in [0.25, 0.3) is 0 Å². The molecule has 1 aromatic carbocycles. The van der Waals surface area contributed by atoms with E-state index in [0.717, 1.165) is 21.2 Å². The lowest BCUT2D eigenvalue weighted by Gasteiger charge is -2.16. The van der Waals surface area contributed by atoms with Gasteiger partial charge in [-0.15, -0.1) is 0 Å². The van der Waals surface area contributed by atoms with E-state index in [9.17, 15) is 5.11 Å². The van der Waals surface area contributed by atoms with Crippen molar-refractivity contribution < 1.29 is 9.94 Å². The minimum atomic E-state index is 0.290. The van der Waals surface area contributed by atoms with Crippen molar-refractivity contribution in [2.24, 2.45) is 0 Å². The molecule has 0 saturated heterocycles. The van der Waals surface area contributed by atoms with Gasteiger partial charge < -0.3 is 9.94 Å². The van der Waals surface area contributed by atoms with Gasteiger partial charge in [0.2, 0.25) is 0 Å². The molecular formula is C12H18BrNO2. The van der Waals surface area contributed by atoms with Crippen LogP contribution in [0.5, 0.6) is 5.75 Å². The van der Waals surface area contributed by atoms with Gasteiger partial charge in [-0.25, -0.2) is 0 Å². The molecule has 4 heteroatoms. The molecule has 0 radical (unpaired) electrons. The van der Waals surface area contributed by atoms with Gasteiger partial charge in [-0.1, -0.05) is 29.8 Å². The third-order valence-electron chi connectivity index (χ3n) is 2.67. The van der Waals surface area contributed by atoms with Gasteiger partial charge in [0.15, 0.2) is 0 Å². The zero-order chi connectivity index (χ0) is 12.3. The number of phenolic OH excluding ortho intramolecular Hbond substituents is 1. The summed E-state index contributed by atoms with van der Waals surface area (Å²) in [6.45, 7) is 6.59. The highest BCUT2D eigenvalue weighted by Crippen LogP contribution is 2.35. The molecule has 0 bridgehead atoms. The van der Waals surface area contributed by atoms with E-state index in [1.807, 2.05) is 13.0 Å². The van der Waals surface area contributed by atoms with Crippen molar-refractivity contribution in [1.82, 2.24) is 5.48 Å². The Kier molecular flexibility index (Phi) is 4.77. The maximum absolute atomic E-state index is 10.2. The second kappa shape index (κ2) is 5.66. The Bertz CT molecular complexity index is 378. The standard InChI is InChI=1S/C12H18BrNO2/c1-7(2)9-5-11(13)8(3)10(12(9)15)6-14-16-4/h5,7,14-15H,6H2,1-4H3. The van der Waals surface area contributed by atoms with Crippen molar-refractivity contribution in [2.75, 3.05) is 7.11 Å². The Balaban J connectivity index is 3.22. The summed E-state index contributed by atoms with van der Waals surface area (Å²) in [6.07, 6.45) is 0. The molecule has 0 fully saturated rings. The molecule has 0 saturated carbocycles. The van der Waals surface area contributed by atoms with Crippen LogP contribution in [0.4, 0.5) is 0 Å². The second-order valence-electron chi connectivity index (χ2n) is 4.08. The van der Waals surface area contributed by atoms with Crippen LogP contribution in [0.3, 0.4) is 0 Å². The lowest BCUT2D eigenvalue weighted by Crippen LogP contribution is -2.13. The highest BCUT2D eigenvalue weighted by molar-refractivity contribution is 9.10. The molecule has 3 nitrogen and oxygen atoms in total. The van der Waals surface area contributed by atoms with Crippen molar-refractivity contribution in [3.63, 3.8) is 0 Å². The number of benzene rings is 1. The first-order chi connectivity index (χ1) is 7.49. The van der Waals surface area contributed by atoms with Gasteiger partial charge >= 0.3 is 0 Å². The molecule has 0 aliphatic carbocycles. The molecule has 0 amide bonds. The fourth-order valence-corrected chi connectivity index (χ4v) is 2.10. The molecule has 1 aromatic rings. The summed E-state index contributed by atoms with van der Waals surface area (Å²) < 4.78 is 1.02. The largest absolute Gasteiger partial charge is 0.507 e. The number of hydroxylamine groups is 1. The molecular weight excluding hydrogens is 270 g/mol. The Morgan fingerprint density at radius 2 is 2.12 bits per heavy atom. The monoisotopic (exact) mass is 287 g/mol. The molecule has 16 heavy (non-hydrogen) atoms. The Labute approximate surface area is 105 Å². The summed E-state index contributed by atoms with van der Waals surface area (Å²) >= 11 is 3.51. The predicted octanol–water partition coefficient (Wildman–Crippen LogP) is 3.24. The van der Waals surface area contributed by atoms with E-state index in [0.29, 0.717) is 12.3 Å².